The second-order valence-corrected chi connectivity index (χ2v) is 4.80. The molecule has 0 aliphatic rings. The van der Waals surface area contributed by atoms with Crippen LogP contribution in [-0.2, 0) is 0 Å². The normalized spacial score (nSPS) is 10.2. The summed E-state index contributed by atoms with van der Waals surface area (Å²) in [5, 5.41) is 2.65. The van der Waals surface area contributed by atoms with Crippen molar-refractivity contribution in [3.05, 3.63) is 52.0 Å². The number of anilines is 1. The fourth-order valence-corrected chi connectivity index (χ4v) is 2.13. The molecule has 0 spiro atoms. The second-order valence-electron chi connectivity index (χ2n) is 4.05. The fourth-order valence-electron chi connectivity index (χ4n) is 1.70. The van der Waals surface area contributed by atoms with E-state index < -0.39 is 5.82 Å². The summed E-state index contributed by atoms with van der Waals surface area (Å²) in [5.74, 6) is -0.712. The number of ether oxygens (including phenoxy) is 1. The number of pyridine rings is 1. The molecule has 0 unspecified atom stereocenters. The van der Waals surface area contributed by atoms with Crippen LogP contribution in [0.4, 0.5) is 10.1 Å². The van der Waals surface area contributed by atoms with Gasteiger partial charge in [-0.25, -0.2) is 9.37 Å². The lowest BCUT2D eigenvalue weighted by Crippen LogP contribution is -2.14. The molecular formula is C14H12BrFN2O2. The van der Waals surface area contributed by atoms with Gasteiger partial charge in [0.2, 0.25) is 0 Å². The SMILES string of the molecule is COc1ccc(NC(=O)c2cccnc2Br)c(C)c1F. The molecule has 1 N–H and O–H groups in total. The quantitative estimate of drug-likeness (QED) is 0.870. The van der Waals surface area contributed by atoms with E-state index in [4.69, 9.17) is 4.74 Å². The van der Waals surface area contributed by atoms with Crippen molar-refractivity contribution in [2.24, 2.45) is 0 Å². The van der Waals surface area contributed by atoms with Crippen LogP contribution in [0.2, 0.25) is 0 Å². The highest BCUT2D eigenvalue weighted by atomic mass is 79.9. The molecule has 2 aromatic rings. The zero-order chi connectivity index (χ0) is 14.7. The van der Waals surface area contributed by atoms with Gasteiger partial charge in [-0.2, -0.15) is 0 Å². The van der Waals surface area contributed by atoms with Gasteiger partial charge >= 0.3 is 0 Å². The van der Waals surface area contributed by atoms with Gasteiger partial charge in [0.25, 0.3) is 5.91 Å². The van der Waals surface area contributed by atoms with E-state index in [1.54, 1.807) is 31.3 Å². The molecule has 0 saturated carbocycles. The Balaban J connectivity index is 2.29. The highest BCUT2D eigenvalue weighted by Gasteiger charge is 2.15. The van der Waals surface area contributed by atoms with Gasteiger partial charge in [0.1, 0.15) is 4.60 Å². The zero-order valence-corrected chi connectivity index (χ0v) is 12.5. The van der Waals surface area contributed by atoms with Crippen LogP contribution < -0.4 is 10.1 Å². The number of carbonyl (C=O) groups is 1. The van der Waals surface area contributed by atoms with Crippen LogP contribution in [0.3, 0.4) is 0 Å². The summed E-state index contributed by atoms with van der Waals surface area (Å²) in [4.78, 5) is 16.1. The highest BCUT2D eigenvalue weighted by molar-refractivity contribution is 9.10. The number of benzene rings is 1. The topological polar surface area (TPSA) is 51.2 Å². The Morgan fingerprint density at radius 3 is 2.80 bits per heavy atom. The molecule has 0 atom stereocenters. The second kappa shape index (κ2) is 6.00. The molecule has 6 heteroatoms. The summed E-state index contributed by atoms with van der Waals surface area (Å²) in [5.41, 5.74) is 1.09. The zero-order valence-electron chi connectivity index (χ0n) is 10.9. The van der Waals surface area contributed by atoms with Crippen molar-refractivity contribution in [1.82, 2.24) is 4.98 Å². The summed E-state index contributed by atoms with van der Waals surface area (Å²) in [6, 6.07) is 6.35. The number of hydrogen-bond donors (Lipinski definition) is 1. The smallest absolute Gasteiger partial charge is 0.258 e. The number of carbonyl (C=O) groups excluding carboxylic acids is 1. The van der Waals surface area contributed by atoms with E-state index in [-0.39, 0.29) is 11.7 Å². The number of methoxy groups -OCH3 is 1. The van der Waals surface area contributed by atoms with E-state index in [0.29, 0.717) is 21.4 Å². The minimum Gasteiger partial charge on any atom is -0.494 e. The first kappa shape index (κ1) is 14.5. The highest BCUT2D eigenvalue weighted by Crippen LogP contribution is 2.27. The van der Waals surface area contributed by atoms with Crippen molar-refractivity contribution in [2.45, 2.75) is 6.92 Å². The van der Waals surface area contributed by atoms with E-state index in [1.807, 2.05) is 0 Å². The van der Waals surface area contributed by atoms with Crippen molar-refractivity contribution in [3.63, 3.8) is 0 Å². The third-order valence-electron chi connectivity index (χ3n) is 2.82. The number of hydrogen-bond acceptors (Lipinski definition) is 3. The van der Waals surface area contributed by atoms with Crippen LogP contribution in [0.15, 0.2) is 35.1 Å². The Bertz CT molecular complexity index is 662. The Morgan fingerprint density at radius 2 is 2.15 bits per heavy atom. The molecular weight excluding hydrogens is 327 g/mol. The molecule has 2 rings (SSSR count). The summed E-state index contributed by atoms with van der Waals surface area (Å²) < 4.78 is 19.2. The van der Waals surface area contributed by atoms with Gasteiger partial charge in [0.15, 0.2) is 11.6 Å². The minimum atomic E-state index is -0.490. The number of amides is 1. The minimum absolute atomic E-state index is 0.142. The molecule has 1 heterocycles. The van der Waals surface area contributed by atoms with Gasteiger partial charge < -0.3 is 10.1 Å². The van der Waals surface area contributed by atoms with E-state index >= 15 is 0 Å². The standard InChI is InChI=1S/C14H12BrFN2O2/c1-8-10(5-6-11(20-2)12(8)16)18-14(19)9-4-3-7-17-13(9)15/h3-7H,1-2H3,(H,18,19). The monoisotopic (exact) mass is 338 g/mol. The first-order valence-corrected chi connectivity index (χ1v) is 6.59. The van der Waals surface area contributed by atoms with Crippen LogP contribution >= 0.6 is 15.9 Å². The molecule has 0 aliphatic heterocycles. The van der Waals surface area contributed by atoms with Gasteiger partial charge in [0, 0.05) is 17.4 Å². The lowest BCUT2D eigenvalue weighted by Gasteiger charge is -2.11. The summed E-state index contributed by atoms with van der Waals surface area (Å²) >= 11 is 3.20. The van der Waals surface area contributed by atoms with Crippen molar-refractivity contribution in [2.75, 3.05) is 12.4 Å². The number of aromatic nitrogens is 1. The molecule has 0 saturated heterocycles. The van der Waals surface area contributed by atoms with Gasteiger partial charge in [-0.15, -0.1) is 0 Å². The maximum Gasteiger partial charge on any atom is 0.258 e. The molecule has 0 bridgehead atoms. The molecule has 104 valence electrons. The van der Waals surface area contributed by atoms with Gasteiger partial charge in [-0.3, -0.25) is 4.79 Å². The third kappa shape index (κ3) is 2.80. The molecule has 0 fully saturated rings. The maximum absolute atomic E-state index is 13.9. The Kier molecular flexibility index (Phi) is 4.34. The van der Waals surface area contributed by atoms with Gasteiger partial charge in [-0.05, 0) is 47.1 Å². The maximum atomic E-state index is 13.9. The lowest BCUT2D eigenvalue weighted by molar-refractivity contribution is 0.102. The molecule has 0 aliphatic carbocycles. The largest absolute Gasteiger partial charge is 0.494 e. The van der Waals surface area contributed by atoms with E-state index in [2.05, 4.69) is 26.2 Å². The van der Waals surface area contributed by atoms with Crippen LogP contribution in [0, 0.1) is 12.7 Å². The lowest BCUT2D eigenvalue weighted by atomic mass is 10.1. The molecule has 1 aromatic carbocycles. The van der Waals surface area contributed by atoms with Crippen molar-refractivity contribution in [1.29, 1.82) is 0 Å². The van der Waals surface area contributed by atoms with Crippen LogP contribution in [0.1, 0.15) is 15.9 Å². The number of nitrogens with zero attached hydrogens (tertiary/aromatic N) is 1. The molecule has 20 heavy (non-hydrogen) atoms. The molecule has 0 radical (unpaired) electrons. The predicted molar refractivity (Wildman–Crippen MR) is 77.6 cm³/mol. The predicted octanol–water partition coefficient (Wildman–Crippen LogP) is 3.55. The van der Waals surface area contributed by atoms with Crippen molar-refractivity contribution in [3.8, 4) is 5.75 Å². The summed E-state index contributed by atoms with van der Waals surface area (Å²) in [6.45, 7) is 1.58. The van der Waals surface area contributed by atoms with Crippen molar-refractivity contribution < 1.29 is 13.9 Å². The Hall–Kier alpha value is -1.95. The Morgan fingerprint density at radius 1 is 1.40 bits per heavy atom. The van der Waals surface area contributed by atoms with Crippen LogP contribution in [0.25, 0.3) is 0 Å². The average Bonchev–Trinajstić information content (AvgIpc) is 2.44. The van der Waals surface area contributed by atoms with Crippen LogP contribution in [0.5, 0.6) is 5.75 Å². The van der Waals surface area contributed by atoms with E-state index in [9.17, 15) is 9.18 Å². The van der Waals surface area contributed by atoms with Crippen molar-refractivity contribution >= 4 is 27.5 Å². The van der Waals surface area contributed by atoms with E-state index in [0.717, 1.165) is 0 Å². The third-order valence-corrected chi connectivity index (χ3v) is 3.45. The first-order chi connectivity index (χ1) is 9.54. The first-order valence-electron chi connectivity index (χ1n) is 5.79. The van der Waals surface area contributed by atoms with Gasteiger partial charge in [-0.1, -0.05) is 0 Å². The number of rotatable bonds is 3. The molecule has 4 nitrogen and oxygen atoms in total. The summed E-state index contributed by atoms with van der Waals surface area (Å²) in [7, 11) is 1.39. The average molecular weight is 339 g/mol. The van der Waals surface area contributed by atoms with Crippen LogP contribution in [-0.4, -0.2) is 18.0 Å². The number of nitrogens with one attached hydrogen (secondary N) is 1. The molecule has 1 amide bonds. The Labute approximate surface area is 124 Å². The number of halogens is 2. The fraction of sp³-hybridized carbons (Fsp3) is 0.143. The van der Waals surface area contributed by atoms with E-state index in [1.165, 1.54) is 13.2 Å². The molecule has 1 aromatic heterocycles. The summed E-state index contributed by atoms with van der Waals surface area (Å²) in [6.07, 6.45) is 1.57. The van der Waals surface area contributed by atoms with Gasteiger partial charge in [0.05, 0.1) is 12.7 Å².